The molecule has 0 radical (unpaired) electrons. The van der Waals surface area contributed by atoms with Crippen molar-refractivity contribution in [2.75, 3.05) is 55.4 Å². The molecule has 214 valence electrons. The largest absolute Gasteiger partial charge is 0.494 e. The number of carbonyl (C=O) groups is 1. The number of nitrogens with zero attached hydrogens (tertiary/aromatic N) is 5. The fraction of sp³-hybridized carbons (Fsp3) is 0.344. The summed E-state index contributed by atoms with van der Waals surface area (Å²) in [5.74, 6) is 0.906. The molecule has 0 bridgehead atoms. The van der Waals surface area contributed by atoms with Gasteiger partial charge in [-0.15, -0.1) is 0 Å². The van der Waals surface area contributed by atoms with Gasteiger partial charge in [-0.25, -0.2) is 9.97 Å². The Bertz CT molecular complexity index is 1530. The van der Waals surface area contributed by atoms with Crippen LogP contribution in [0, 0.1) is 0 Å². The van der Waals surface area contributed by atoms with Gasteiger partial charge in [0.2, 0.25) is 11.9 Å². The number of fused-ring (bicyclic) bond motifs is 1. The minimum atomic E-state index is -0.164. The zero-order chi connectivity index (χ0) is 28.8. The molecule has 0 atom stereocenters. The lowest BCUT2D eigenvalue weighted by Gasteiger charge is -2.26. The number of hydrogen-bond acceptors (Lipinski definition) is 7. The van der Waals surface area contributed by atoms with Crippen molar-refractivity contribution in [3.05, 3.63) is 67.0 Å². The monoisotopic (exact) mass is 553 g/mol. The van der Waals surface area contributed by atoms with E-state index in [0.717, 1.165) is 60.6 Å². The van der Waals surface area contributed by atoms with Crippen LogP contribution in [0.25, 0.3) is 22.2 Å². The van der Waals surface area contributed by atoms with Gasteiger partial charge < -0.3 is 24.8 Å². The van der Waals surface area contributed by atoms with Gasteiger partial charge in [0.1, 0.15) is 5.75 Å². The van der Waals surface area contributed by atoms with Crippen molar-refractivity contribution in [2.24, 2.45) is 7.05 Å². The van der Waals surface area contributed by atoms with Gasteiger partial charge in [-0.2, -0.15) is 0 Å². The van der Waals surface area contributed by atoms with E-state index >= 15 is 0 Å². The number of methoxy groups -OCH3 is 1. The molecule has 2 aromatic carbocycles. The number of aryl methyl sites for hydroxylation is 1. The minimum Gasteiger partial charge on any atom is -0.494 e. The van der Waals surface area contributed by atoms with Crippen LogP contribution in [0.15, 0.2) is 67.0 Å². The highest BCUT2D eigenvalue weighted by Gasteiger charge is 2.18. The summed E-state index contributed by atoms with van der Waals surface area (Å²) in [5, 5.41) is 7.56. The summed E-state index contributed by atoms with van der Waals surface area (Å²) in [6.45, 7) is 8.74. The van der Waals surface area contributed by atoms with Crippen molar-refractivity contribution in [1.82, 2.24) is 19.4 Å². The Labute approximate surface area is 241 Å². The molecule has 2 aromatic heterocycles. The third-order valence-electron chi connectivity index (χ3n) is 7.59. The Morgan fingerprint density at radius 1 is 1.10 bits per heavy atom. The summed E-state index contributed by atoms with van der Waals surface area (Å²) < 4.78 is 7.88. The highest BCUT2D eigenvalue weighted by Crippen LogP contribution is 2.38. The van der Waals surface area contributed by atoms with E-state index in [2.05, 4.69) is 62.2 Å². The van der Waals surface area contributed by atoms with Crippen LogP contribution in [-0.2, 0) is 11.8 Å². The molecule has 0 spiro atoms. The van der Waals surface area contributed by atoms with E-state index in [1.165, 1.54) is 12.8 Å². The van der Waals surface area contributed by atoms with Crippen LogP contribution in [0.2, 0.25) is 0 Å². The second kappa shape index (κ2) is 12.9. The zero-order valence-electron chi connectivity index (χ0n) is 24.4. The second-order valence-electron chi connectivity index (χ2n) is 10.2. The number of carbonyl (C=O) groups excluding carboxylic acids is 1. The summed E-state index contributed by atoms with van der Waals surface area (Å²) in [4.78, 5) is 26.8. The van der Waals surface area contributed by atoms with Crippen LogP contribution in [0.1, 0.15) is 26.7 Å². The molecular weight excluding hydrogens is 514 g/mol. The first kappa shape index (κ1) is 28.2. The predicted octanol–water partition coefficient (Wildman–Crippen LogP) is 5.82. The van der Waals surface area contributed by atoms with Gasteiger partial charge >= 0.3 is 0 Å². The van der Waals surface area contributed by atoms with Crippen LogP contribution >= 0.6 is 0 Å². The topological polar surface area (TPSA) is 87.5 Å². The highest BCUT2D eigenvalue weighted by molar-refractivity contribution is 6.02. The molecule has 41 heavy (non-hydrogen) atoms. The maximum Gasteiger partial charge on any atom is 0.248 e. The Kier molecular flexibility index (Phi) is 8.84. The Balaban J connectivity index is 1.44. The van der Waals surface area contributed by atoms with Gasteiger partial charge in [0.05, 0.1) is 29.9 Å². The summed E-state index contributed by atoms with van der Waals surface area (Å²) in [6.07, 6.45) is 9.84. The number of likely N-dealkylation sites (tertiary alicyclic amines) is 1. The zero-order valence-corrected chi connectivity index (χ0v) is 24.4. The van der Waals surface area contributed by atoms with Gasteiger partial charge in [-0.3, -0.25) is 9.69 Å². The fourth-order valence-electron chi connectivity index (χ4n) is 5.45. The van der Waals surface area contributed by atoms with Gasteiger partial charge in [-0.1, -0.05) is 24.3 Å². The molecule has 0 saturated carbocycles. The van der Waals surface area contributed by atoms with Gasteiger partial charge in [0.15, 0.2) is 0 Å². The molecule has 3 heterocycles. The van der Waals surface area contributed by atoms with E-state index < -0.39 is 0 Å². The van der Waals surface area contributed by atoms with Gasteiger partial charge in [-0.05, 0) is 58.0 Å². The third kappa shape index (κ3) is 6.36. The minimum absolute atomic E-state index is 0.164. The first-order chi connectivity index (χ1) is 20.0. The molecule has 9 heteroatoms. The summed E-state index contributed by atoms with van der Waals surface area (Å²) in [7, 11) is 3.67. The normalized spacial score (nSPS) is 13.7. The Morgan fingerprint density at radius 2 is 1.88 bits per heavy atom. The lowest BCUT2D eigenvalue weighted by Crippen LogP contribution is -2.24. The molecule has 1 fully saturated rings. The van der Waals surface area contributed by atoms with Crippen LogP contribution in [0.3, 0.4) is 0 Å². The van der Waals surface area contributed by atoms with Crippen molar-refractivity contribution in [3.8, 4) is 17.0 Å². The van der Waals surface area contributed by atoms with E-state index in [9.17, 15) is 4.79 Å². The third-order valence-corrected chi connectivity index (χ3v) is 7.59. The maximum absolute atomic E-state index is 13.0. The summed E-state index contributed by atoms with van der Waals surface area (Å²) in [6, 6.07) is 14.0. The standard InChI is InChI=1S/C32H39N7O2/c1-5-39(6-2)29-21-30(41-4)27(20-26(29)34-31(40)14-11-19-38-17-9-10-18-38)36-32-33-16-15-25(35-32)24-22-37(3)28-13-8-7-12-23(24)28/h7-8,11-16,20-22H,5-6,9-10,17-19H2,1-4H3,(H,34,40)(H,33,35,36)/b14-11+. The molecule has 1 saturated heterocycles. The first-order valence-corrected chi connectivity index (χ1v) is 14.3. The van der Waals surface area contributed by atoms with Crippen LogP contribution < -0.4 is 20.3 Å². The lowest BCUT2D eigenvalue weighted by molar-refractivity contribution is -0.111. The average molecular weight is 554 g/mol. The van der Waals surface area contributed by atoms with E-state index in [4.69, 9.17) is 9.72 Å². The number of rotatable bonds is 11. The number of para-hydroxylation sites is 1. The summed E-state index contributed by atoms with van der Waals surface area (Å²) >= 11 is 0. The molecule has 9 nitrogen and oxygen atoms in total. The molecule has 1 amide bonds. The fourth-order valence-corrected chi connectivity index (χ4v) is 5.45. The van der Waals surface area contributed by atoms with E-state index in [1.54, 1.807) is 19.4 Å². The van der Waals surface area contributed by atoms with Crippen molar-refractivity contribution in [2.45, 2.75) is 26.7 Å². The van der Waals surface area contributed by atoms with E-state index in [0.29, 0.717) is 23.1 Å². The summed E-state index contributed by atoms with van der Waals surface area (Å²) in [5.41, 5.74) is 5.23. The molecule has 1 aliphatic heterocycles. The van der Waals surface area contributed by atoms with Crippen LogP contribution in [0.5, 0.6) is 5.75 Å². The predicted molar refractivity (Wildman–Crippen MR) is 167 cm³/mol. The Hall–Kier alpha value is -4.37. The first-order valence-electron chi connectivity index (χ1n) is 14.3. The van der Waals surface area contributed by atoms with Crippen molar-refractivity contribution < 1.29 is 9.53 Å². The van der Waals surface area contributed by atoms with Gasteiger partial charge in [0.25, 0.3) is 0 Å². The number of anilines is 4. The molecule has 0 aliphatic carbocycles. The van der Waals surface area contributed by atoms with E-state index in [-0.39, 0.29) is 5.91 Å². The Morgan fingerprint density at radius 3 is 2.63 bits per heavy atom. The van der Waals surface area contributed by atoms with Crippen molar-refractivity contribution in [1.29, 1.82) is 0 Å². The molecule has 2 N–H and O–H groups in total. The molecule has 5 rings (SSSR count). The average Bonchev–Trinajstić information content (AvgIpc) is 3.63. The SMILES string of the molecule is CCN(CC)c1cc(OC)c(Nc2nccc(-c3cn(C)c4ccccc34)n2)cc1NC(=O)/C=C/CN1CCCC1. The van der Waals surface area contributed by atoms with Crippen LogP contribution in [-0.4, -0.2) is 65.2 Å². The number of aromatic nitrogens is 3. The lowest BCUT2D eigenvalue weighted by atomic mass is 10.1. The van der Waals surface area contributed by atoms with Crippen LogP contribution in [0.4, 0.5) is 23.0 Å². The number of hydrogen-bond donors (Lipinski definition) is 2. The number of ether oxygens (including phenoxy) is 1. The highest BCUT2D eigenvalue weighted by atomic mass is 16.5. The van der Waals surface area contributed by atoms with Crippen molar-refractivity contribution in [3.63, 3.8) is 0 Å². The number of amides is 1. The number of nitrogens with one attached hydrogen (secondary N) is 2. The maximum atomic E-state index is 13.0. The van der Waals surface area contributed by atoms with Gasteiger partial charge in [0, 0.05) is 67.7 Å². The molecule has 4 aromatic rings. The smallest absolute Gasteiger partial charge is 0.248 e. The molecule has 0 unspecified atom stereocenters. The second-order valence-corrected chi connectivity index (χ2v) is 10.2. The number of benzene rings is 2. The quantitative estimate of drug-likeness (QED) is 0.226. The van der Waals surface area contributed by atoms with E-state index in [1.807, 2.05) is 43.5 Å². The molecule has 1 aliphatic rings. The molecular formula is C32H39N7O2. The van der Waals surface area contributed by atoms with Crippen molar-refractivity contribution >= 4 is 39.8 Å².